The van der Waals surface area contributed by atoms with Crippen LogP contribution < -0.4 is 14.7 Å². The lowest BCUT2D eigenvalue weighted by atomic mass is 10.1. The standard InChI is InChI=1S/C41H39N3/c1-30-9-15-34(16-10-30)42(5)35-21-23-38(24-22-35)43(36-17-11-31(2)12-18-36)39-25-27-40(28-26-39)44(37-19-13-32(3)14-20-37)41-8-6-7-33(4)29-41/h6-29H,1-5H3. The molecule has 0 unspecified atom stereocenters. The van der Waals surface area contributed by atoms with Gasteiger partial charge in [0.15, 0.2) is 0 Å². The van der Waals surface area contributed by atoms with Gasteiger partial charge in [-0.15, -0.1) is 0 Å². The third-order valence-electron chi connectivity index (χ3n) is 8.13. The van der Waals surface area contributed by atoms with Crippen LogP contribution in [0.3, 0.4) is 0 Å². The molecule has 0 fully saturated rings. The summed E-state index contributed by atoms with van der Waals surface area (Å²) in [5, 5.41) is 0. The first-order valence-electron chi connectivity index (χ1n) is 15.2. The van der Waals surface area contributed by atoms with Crippen molar-refractivity contribution in [1.29, 1.82) is 0 Å². The molecular weight excluding hydrogens is 534 g/mol. The molecule has 0 aliphatic heterocycles. The second-order valence-corrected chi connectivity index (χ2v) is 11.6. The fourth-order valence-electron chi connectivity index (χ4n) is 5.54. The Kier molecular flexibility index (Phi) is 8.21. The molecular formula is C41H39N3. The third-order valence-corrected chi connectivity index (χ3v) is 8.13. The Bertz CT molecular complexity index is 1820. The zero-order valence-corrected chi connectivity index (χ0v) is 26.2. The topological polar surface area (TPSA) is 9.72 Å². The number of hydrogen-bond acceptors (Lipinski definition) is 3. The van der Waals surface area contributed by atoms with E-state index in [1.54, 1.807) is 0 Å². The maximum atomic E-state index is 2.32. The van der Waals surface area contributed by atoms with Crippen LogP contribution in [0.4, 0.5) is 45.5 Å². The van der Waals surface area contributed by atoms with Crippen molar-refractivity contribution >= 4 is 45.5 Å². The van der Waals surface area contributed by atoms with Gasteiger partial charge in [0.1, 0.15) is 0 Å². The van der Waals surface area contributed by atoms with Crippen molar-refractivity contribution in [2.24, 2.45) is 0 Å². The van der Waals surface area contributed by atoms with E-state index in [9.17, 15) is 0 Å². The van der Waals surface area contributed by atoms with Gasteiger partial charge in [-0.1, -0.05) is 65.2 Å². The first-order chi connectivity index (χ1) is 21.4. The fraction of sp³-hybridized carbons (Fsp3) is 0.122. The van der Waals surface area contributed by atoms with Crippen LogP contribution in [0, 0.1) is 27.7 Å². The molecule has 0 heterocycles. The minimum absolute atomic E-state index is 1.10. The van der Waals surface area contributed by atoms with Gasteiger partial charge in [-0.2, -0.15) is 0 Å². The molecule has 0 spiro atoms. The van der Waals surface area contributed by atoms with Crippen LogP contribution in [0.1, 0.15) is 22.3 Å². The highest BCUT2D eigenvalue weighted by Crippen LogP contribution is 2.40. The molecule has 0 saturated heterocycles. The summed E-state index contributed by atoms with van der Waals surface area (Å²) in [6.07, 6.45) is 0. The summed E-state index contributed by atoms with van der Waals surface area (Å²) in [6, 6.07) is 52.5. The van der Waals surface area contributed by atoms with E-state index in [2.05, 4.69) is 195 Å². The van der Waals surface area contributed by atoms with Crippen molar-refractivity contribution in [2.45, 2.75) is 27.7 Å². The van der Waals surface area contributed by atoms with Crippen LogP contribution in [0.5, 0.6) is 0 Å². The Balaban J connectivity index is 1.37. The average Bonchev–Trinajstić information content (AvgIpc) is 3.04. The van der Waals surface area contributed by atoms with Crippen LogP contribution >= 0.6 is 0 Å². The van der Waals surface area contributed by atoms with Gasteiger partial charge in [-0.25, -0.2) is 0 Å². The molecule has 0 atom stereocenters. The maximum absolute atomic E-state index is 2.32. The van der Waals surface area contributed by atoms with Crippen molar-refractivity contribution < 1.29 is 0 Å². The Morgan fingerprint density at radius 2 is 0.591 bits per heavy atom. The first-order valence-corrected chi connectivity index (χ1v) is 15.2. The first kappa shape index (κ1) is 28.8. The monoisotopic (exact) mass is 573 g/mol. The highest BCUT2D eigenvalue weighted by molar-refractivity contribution is 5.82. The molecule has 0 aliphatic carbocycles. The lowest BCUT2D eigenvalue weighted by molar-refractivity contribution is 1.20. The van der Waals surface area contributed by atoms with E-state index in [4.69, 9.17) is 0 Å². The van der Waals surface area contributed by atoms with E-state index in [-0.39, 0.29) is 0 Å². The SMILES string of the molecule is Cc1ccc(N(C)c2ccc(N(c3ccc(C)cc3)c3ccc(N(c4ccc(C)cc4)c4cccc(C)c4)cc3)cc2)cc1. The van der Waals surface area contributed by atoms with Crippen molar-refractivity contribution in [3.63, 3.8) is 0 Å². The number of hydrogen-bond donors (Lipinski definition) is 0. The van der Waals surface area contributed by atoms with Gasteiger partial charge in [0.05, 0.1) is 0 Å². The maximum Gasteiger partial charge on any atom is 0.0464 e. The fourth-order valence-corrected chi connectivity index (χ4v) is 5.54. The average molecular weight is 574 g/mol. The van der Waals surface area contributed by atoms with E-state index < -0.39 is 0 Å². The molecule has 6 aromatic rings. The summed E-state index contributed by atoms with van der Waals surface area (Å²) >= 11 is 0. The number of nitrogens with zero attached hydrogens (tertiary/aromatic N) is 3. The predicted octanol–water partition coefficient (Wildman–Crippen LogP) is 11.6. The smallest absolute Gasteiger partial charge is 0.0464 e. The number of aryl methyl sites for hydroxylation is 4. The van der Waals surface area contributed by atoms with Crippen LogP contribution in [-0.2, 0) is 0 Å². The van der Waals surface area contributed by atoms with E-state index in [1.165, 1.54) is 27.9 Å². The molecule has 3 nitrogen and oxygen atoms in total. The molecule has 44 heavy (non-hydrogen) atoms. The quantitative estimate of drug-likeness (QED) is 0.179. The zero-order valence-electron chi connectivity index (χ0n) is 26.2. The van der Waals surface area contributed by atoms with Gasteiger partial charge in [-0.3, -0.25) is 0 Å². The number of benzene rings is 6. The summed E-state index contributed by atoms with van der Waals surface area (Å²) in [5.41, 5.74) is 14.0. The molecule has 0 radical (unpaired) electrons. The number of rotatable bonds is 8. The molecule has 6 rings (SSSR count). The van der Waals surface area contributed by atoms with E-state index in [0.29, 0.717) is 0 Å². The molecule has 3 heteroatoms. The molecule has 0 aromatic heterocycles. The Morgan fingerprint density at radius 1 is 0.295 bits per heavy atom. The van der Waals surface area contributed by atoms with Gasteiger partial charge in [0.2, 0.25) is 0 Å². The predicted molar refractivity (Wildman–Crippen MR) is 189 cm³/mol. The molecule has 0 N–H and O–H groups in total. The zero-order chi connectivity index (χ0) is 30.6. The van der Waals surface area contributed by atoms with Crippen molar-refractivity contribution in [3.05, 3.63) is 168 Å². The van der Waals surface area contributed by atoms with Crippen molar-refractivity contribution in [2.75, 3.05) is 21.7 Å². The van der Waals surface area contributed by atoms with Gasteiger partial charge in [0.25, 0.3) is 0 Å². The van der Waals surface area contributed by atoms with Gasteiger partial charge in [0, 0.05) is 52.5 Å². The Hall–Kier alpha value is -5.28. The number of anilines is 8. The molecule has 0 saturated carbocycles. The van der Waals surface area contributed by atoms with E-state index in [0.717, 1.165) is 39.8 Å². The van der Waals surface area contributed by atoms with Gasteiger partial charge >= 0.3 is 0 Å². The molecule has 218 valence electrons. The second-order valence-electron chi connectivity index (χ2n) is 11.6. The minimum atomic E-state index is 1.10. The highest BCUT2D eigenvalue weighted by Gasteiger charge is 2.16. The van der Waals surface area contributed by atoms with E-state index >= 15 is 0 Å². The lowest BCUT2D eigenvalue weighted by Gasteiger charge is -2.29. The summed E-state index contributed by atoms with van der Waals surface area (Å²) in [6.45, 7) is 8.52. The highest BCUT2D eigenvalue weighted by atomic mass is 15.2. The second kappa shape index (κ2) is 12.5. The largest absolute Gasteiger partial charge is 0.345 e. The van der Waals surface area contributed by atoms with Crippen LogP contribution in [0.2, 0.25) is 0 Å². The minimum Gasteiger partial charge on any atom is -0.345 e. The lowest BCUT2D eigenvalue weighted by Crippen LogP contribution is -2.13. The van der Waals surface area contributed by atoms with Crippen LogP contribution in [-0.4, -0.2) is 7.05 Å². The summed E-state index contributed by atoms with van der Waals surface area (Å²) in [7, 11) is 2.12. The van der Waals surface area contributed by atoms with Gasteiger partial charge in [-0.05, 0) is 130 Å². The van der Waals surface area contributed by atoms with E-state index in [1.807, 2.05) is 0 Å². The third kappa shape index (κ3) is 6.23. The van der Waals surface area contributed by atoms with Crippen LogP contribution in [0.25, 0.3) is 0 Å². The molecule has 0 aliphatic rings. The molecule has 0 bridgehead atoms. The summed E-state index contributed by atoms with van der Waals surface area (Å²) < 4.78 is 0. The Labute approximate surface area is 262 Å². The summed E-state index contributed by atoms with van der Waals surface area (Å²) in [5.74, 6) is 0. The van der Waals surface area contributed by atoms with Crippen molar-refractivity contribution in [3.8, 4) is 0 Å². The molecule has 6 aromatic carbocycles. The Morgan fingerprint density at radius 3 is 0.955 bits per heavy atom. The summed E-state index contributed by atoms with van der Waals surface area (Å²) in [4.78, 5) is 6.86. The van der Waals surface area contributed by atoms with Crippen LogP contribution in [0.15, 0.2) is 146 Å². The van der Waals surface area contributed by atoms with Crippen molar-refractivity contribution in [1.82, 2.24) is 0 Å². The normalized spacial score (nSPS) is 10.8. The van der Waals surface area contributed by atoms with Gasteiger partial charge < -0.3 is 14.7 Å². The molecule has 0 amide bonds.